The van der Waals surface area contributed by atoms with Crippen molar-refractivity contribution >= 4 is 11.6 Å². The zero-order valence-corrected chi connectivity index (χ0v) is 12.6. The van der Waals surface area contributed by atoms with Crippen LogP contribution in [0.4, 0.5) is 18.9 Å². The van der Waals surface area contributed by atoms with Crippen molar-refractivity contribution < 1.29 is 27.4 Å². The van der Waals surface area contributed by atoms with E-state index in [1.165, 1.54) is 18.3 Å². The average Bonchev–Trinajstić information content (AvgIpc) is 2.43. The van der Waals surface area contributed by atoms with Gasteiger partial charge in [0.1, 0.15) is 6.10 Å². The van der Waals surface area contributed by atoms with Crippen LogP contribution >= 0.6 is 0 Å². The molecule has 0 aliphatic heterocycles. The molecular weight excluding hydrogens is 301 g/mol. The molecule has 0 unspecified atom stereocenters. The van der Waals surface area contributed by atoms with Gasteiger partial charge in [0, 0.05) is 12.7 Å². The van der Waals surface area contributed by atoms with Gasteiger partial charge in [-0.3, -0.25) is 4.79 Å². The summed E-state index contributed by atoms with van der Waals surface area (Å²) < 4.78 is 45.8. The maximum absolute atomic E-state index is 12.0. The van der Waals surface area contributed by atoms with E-state index in [0.29, 0.717) is 18.2 Å². The Morgan fingerprint density at radius 3 is 2.50 bits per heavy atom. The van der Waals surface area contributed by atoms with Crippen molar-refractivity contribution in [3.05, 3.63) is 18.3 Å². The number of ether oxygens (including phenoxy) is 2. The van der Waals surface area contributed by atoms with E-state index in [4.69, 9.17) is 4.74 Å². The average molecular weight is 320 g/mol. The van der Waals surface area contributed by atoms with Gasteiger partial charge in [-0.15, -0.1) is 0 Å². The van der Waals surface area contributed by atoms with Crippen molar-refractivity contribution in [2.24, 2.45) is 5.92 Å². The summed E-state index contributed by atoms with van der Waals surface area (Å²) in [4.78, 5) is 15.5. The van der Waals surface area contributed by atoms with Crippen molar-refractivity contribution in [3.8, 4) is 5.88 Å². The van der Waals surface area contributed by atoms with E-state index >= 15 is 0 Å². The Kier molecular flexibility index (Phi) is 6.61. The molecule has 1 N–H and O–H groups in total. The van der Waals surface area contributed by atoms with E-state index < -0.39 is 18.9 Å². The summed E-state index contributed by atoms with van der Waals surface area (Å²) in [6.07, 6.45) is -3.83. The molecule has 0 radical (unpaired) electrons. The van der Waals surface area contributed by atoms with Crippen LogP contribution in [0.1, 0.15) is 20.8 Å². The van der Waals surface area contributed by atoms with E-state index in [2.05, 4.69) is 15.0 Å². The Labute approximate surface area is 126 Å². The molecule has 0 saturated heterocycles. The van der Waals surface area contributed by atoms with Crippen LogP contribution in [0, 0.1) is 5.92 Å². The third kappa shape index (κ3) is 7.26. The first kappa shape index (κ1) is 18.2. The van der Waals surface area contributed by atoms with E-state index in [-0.39, 0.29) is 11.8 Å². The number of carbonyl (C=O) groups is 1. The number of amides is 1. The number of rotatable bonds is 7. The summed E-state index contributed by atoms with van der Waals surface area (Å²) in [5.74, 6) is -0.215. The van der Waals surface area contributed by atoms with Crippen molar-refractivity contribution in [2.45, 2.75) is 33.1 Å². The molecule has 0 spiro atoms. The minimum Gasteiger partial charge on any atom is -0.468 e. The van der Waals surface area contributed by atoms with Crippen LogP contribution in [0.15, 0.2) is 18.3 Å². The number of nitrogens with zero attached hydrogens (tertiary/aromatic N) is 1. The fourth-order valence-electron chi connectivity index (χ4n) is 1.35. The van der Waals surface area contributed by atoms with Gasteiger partial charge in [-0.25, -0.2) is 4.98 Å². The van der Waals surface area contributed by atoms with Crippen LogP contribution in [-0.4, -0.2) is 36.4 Å². The molecule has 1 heterocycles. The summed E-state index contributed by atoms with van der Waals surface area (Å²) in [5.41, 5.74) is 0.351. The second-order valence-electron chi connectivity index (χ2n) is 5.15. The van der Waals surface area contributed by atoms with Crippen LogP contribution < -0.4 is 10.1 Å². The largest absolute Gasteiger partial charge is 0.468 e. The Balaban J connectivity index is 2.48. The molecule has 22 heavy (non-hydrogen) atoms. The van der Waals surface area contributed by atoms with Gasteiger partial charge in [-0.05, 0) is 18.9 Å². The van der Waals surface area contributed by atoms with Gasteiger partial charge in [0.15, 0.2) is 6.61 Å². The highest BCUT2D eigenvalue weighted by Gasteiger charge is 2.28. The van der Waals surface area contributed by atoms with Gasteiger partial charge in [0.05, 0.1) is 11.9 Å². The SMILES string of the molecule is CC(C)CO[C@@H](C)C(=O)Nc1ccc(OCC(F)(F)F)nc1. The van der Waals surface area contributed by atoms with E-state index in [0.717, 1.165) is 0 Å². The molecule has 1 atom stereocenters. The molecule has 0 aliphatic rings. The Bertz CT molecular complexity index is 475. The first-order valence-corrected chi connectivity index (χ1v) is 6.75. The van der Waals surface area contributed by atoms with Gasteiger partial charge in [0.25, 0.3) is 5.91 Å². The maximum atomic E-state index is 12.0. The third-order valence-corrected chi connectivity index (χ3v) is 2.44. The summed E-state index contributed by atoms with van der Waals surface area (Å²) in [6.45, 7) is 4.59. The maximum Gasteiger partial charge on any atom is 0.422 e. The van der Waals surface area contributed by atoms with Crippen molar-refractivity contribution in [3.63, 3.8) is 0 Å². The molecule has 0 fully saturated rings. The number of hydrogen-bond acceptors (Lipinski definition) is 4. The second kappa shape index (κ2) is 7.98. The van der Waals surface area contributed by atoms with Crippen LogP contribution in [0.5, 0.6) is 5.88 Å². The Morgan fingerprint density at radius 2 is 2.00 bits per heavy atom. The number of aromatic nitrogens is 1. The standard InChI is InChI=1S/C14H19F3N2O3/c1-9(2)7-21-10(3)13(20)19-11-4-5-12(18-6-11)22-8-14(15,16)17/h4-6,9-10H,7-8H2,1-3H3,(H,19,20)/t10-/m0/s1. The zero-order valence-electron chi connectivity index (χ0n) is 12.6. The van der Waals surface area contributed by atoms with Crippen molar-refractivity contribution in [2.75, 3.05) is 18.5 Å². The van der Waals surface area contributed by atoms with Crippen molar-refractivity contribution in [1.29, 1.82) is 0 Å². The molecule has 1 aromatic rings. The fourth-order valence-corrected chi connectivity index (χ4v) is 1.35. The molecule has 0 aromatic carbocycles. The number of anilines is 1. The van der Waals surface area contributed by atoms with Crippen LogP contribution in [0.25, 0.3) is 0 Å². The lowest BCUT2D eigenvalue weighted by Crippen LogP contribution is -2.29. The summed E-state index contributed by atoms with van der Waals surface area (Å²) >= 11 is 0. The molecule has 0 aliphatic carbocycles. The number of alkyl halides is 3. The van der Waals surface area contributed by atoms with Gasteiger partial charge < -0.3 is 14.8 Å². The lowest BCUT2D eigenvalue weighted by molar-refractivity contribution is -0.154. The number of nitrogens with one attached hydrogen (secondary N) is 1. The van der Waals surface area contributed by atoms with Crippen LogP contribution in [0.3, 0.4) is 0 Å². The molecule has 8 heteroatoms. The lowest BCUT2D eigenvalue weighted by Gasteiger charge is -2.15. The predicted molar refractivity (Wildman–Crippen MR) is 74.7 cm³/mol. The smallest absolute Gasteiger partial charge is 0.422 e. The number of halogens is 3. The minimum absolute atomic E-state index is 0.167. The minimum atomic E-state index is -4.42. The topological polar surface area (TPSA) is 60.5 Å². The molecule has 124 valence electrons. The van der Waals surface area contributed by atoms with Gasteiger partial charge in [-0.1, -0.05) is 13.8 Å². The van der Waals surface area contributed by atoms with Gasteiger partial charge in [-0.2, -0.15) is 13.2 Å². The Morgan fingerprint density at radius 1 is 1.32 bits per heavy atom. The van der Waals surface area contributed by atoms with Gasteiger partial charge in [0.2, 0.25) is 5.88 Å². The third-order valence-electron chi connectivity index (χ3n) is 2.44. The number of pyridine rings is 1. The zero-order chi connectivity index (χ0) is 16.8. The van der Waals surface area contributed by atoms with E-state index in [1.807, 2.05) is 13.8 Å². The number of carbonyl (C=O) groups excluding carboxylic acids is 1. The molecule has 1 amide bonds. The molecule has 0 bridgehead atoms. The summed E-state index contributed by atoms with van der Waals surface area (Å²) in [7, 11) is 0. The quantitative estimate of drug-likeness (QED) is 0.839. The number of hydrogen-bond donors (Lipinski definition) is 1. The normalized spacial score (nSPS) is 13.0. The summed E-state index contributed by atoms with van der Waals surface area (Å²) in [5, 5.41) is 2.56. The molecule has 1 rings (SSSR count). The van der Waals surface area contributed by atoms with Crippen LogP contribution in [-0.2, 0) is 9.53 Å². The van der Waals surface area contributed by atoms with Gasteiger partial charge >= 0.3 is 6.18 Å². The van der Waals surface area contributed by atoms with Crippen LogP contribution in [0.2, 0.25) is 0 Å². The highest BCUT2D eigenvalue weighted by molar-refractivity contribution is 5.93. The first-order valence-electron chi connectivity index (χ1n) is 6.75. The Hall–Kier alpha value is -1.83. The molecule has 5 nitrogen and oxygen atoms in total. The molecule has 1 aromatic heterocycles. The molecular formula is C14H19F3N2O3. The summed E-state index contributed by atoms with van der Waals surface area (Å²) in [6, 6.07) is 2.66. The fraction of sp³-hybridized carbons (Fsp3) is 0.571. The van der Waals surface area contributed by atoms with Crippen molar-refractivity contribution in [1.82, 2.24) is 4.98 Å². The predicted octanol–water partition coefficient (Wildman–Crippen LogP) is 3.02. The first-order chi connectivity index (χ1) is 10.2. The monoisotopic (exact) mass is 320 g/mol. The van der Waals surface area contributed by atoms with E-state index in [1.54, 1.807) is 6.92 Å². The lowest BCUT2D eigenvalue weighted by atomic mass is 10.2. The van der Waals surface area contributed by atoms with E-state index in [9.17, 15) is 18.0 Å². The second-order valence-corrected chi connectivity index (χ2v) is 5.15. The molecule has 0 saturated carbocycles. The highest BCUT2D eigenvalue weighted by Crippen LogP contribution is 2.18. The highest BCUT2D eigenvalue weighted by atomic mass is 19.4.